The second-order valence-electron chi connectivity index (χ2n) is 21.0. The zero-order chi connectivity index (χ0) is 56.0. The number of piperazine rings is 1. The molecule has 2 aliphatic heterocycles. The van der Waals surface area contributed by atoms with E-state index in [9.17, 15) is 38.7 Å². The number of aromatic nitrogens is 3. The predicted molar refractivity (Wildman–Crippen MR) is 295 cm³/mol. The fraction of sp³-hybridized carbons (Fsp3) is 0.542. The van der Waals surface area contributed by atoms with E-state index < -0.39 is 17.7 Å². The highest BCUT2D eigenvalue weighted by atomic mass is 16.5. The Labute approximate surface area is 463 Å². The van der Waals surface area contributed by atoms with Crippen molar-refractivity contribution >= 4 is 46.8 Å². The van der Waals surface area contributed by atoms with Crippen LogP contribution in [-0.4, -0.2) is 141 Å². The number of unbranched alkanes of at least 4 members (excludes halogenated alkanes) is 1. The maximum absolute atomic E-state index is 14.0. The SMILES string of the molecule is CCCCN1C(=O)[C@@H]([C@@H](O)C2CCCCC2)NC(=O)C12CCN(Cc1ccc(Oc3ccc(C(=O)NCCOCCOCCn4cc(CNC(=O)CCCC(=O)Nc5ccc(CCC(=O)CC(C)=O)cc5)nn4)cc3)cc1)CC2. The van der Waals surface area contributed by atoms with Crippen molar-refractivity contribution in [3.63, 3.8) is 0 Å². The van der Waals surface area contributed by atoms with Gasteiger partial charge in [-0.2, -0.15) is 0 Å². The Balaban J connectivity index is 0.702. The number of rotatable bonds is 31. The third kappa shape index (κ3) is 18.3. The van der Waals surface area contributed by atoms with Crippen molar-refractivity contribution in [1.82, 2.24) is 40.7 Å². The number of anilines is 1. The quantitative estimate of drug-likeness (QED) is 0.0293. The van der Waals surface area contributed by atoms with E-state index in [0.29, 0.717) is 126 Å². The largest absolute Gasteiger partial charge is 0.457 e. The summed E-state index contributed by atoms with van der Waals surface area (Å²) in [7, 11) is 0. The minimum atomic E-state index is -0.895. The van der Waals surface area contributed by atoms with Gasteiger partial charge in [-0.05, 0) is 117 Å². The van der Waals surface area contributed by atoms with E-state index in [-0.39, 0.29) is 72.8 Å². The first-order chi connectivity index (χ1) is 38.3. The van der Waals surface area contributed by atoms with E-state index in [0.717, 1.165) is 56.1 Å². The Kier molecular flexibility index (Phi) is 23.1. The van der Waals surface area contributed by atoms with Gasteiger partial charge in [0.1, 0.15) is 40.3 Å². The average molecular weight is 1090 g/mol. The first-order valence-electron chi connectivity index (χ1n) is 28.2. The summed E-state index contributed by atoms with van der Waals surface area (Å²) in [5.41, 5.74) is 2.84. The second-order valence-corrected chi connectivity index (χ2v) is 21.0. The Morgan fingerprint density at radius 1 is 0.785 bits per heavy atom. The molecular formula is C59H79N9O11. The number of carbonyl (C=O) groups excluding carboxylic acids is 7. The van der Waals surface area contributed by atoms with Crippen molar-refractivity contribution in [2.45, 2.75) is 147 Å². The first kappa shape index (κ1) is 59.8. The lowest BCUT2D eigenvalue weighted by atomic mass is 9.78. The Morgan fingerprint density at radius 2 is 1.46 bits per heavy atom. The van der Waals surface area contributed by atoms with Crippen LogP contribution in [0.5, 0.6) is 11.5 Å². The van der Waals surface area contributed by atoms with Crippen LogP contribution in [0.15, 0.2) is 79.0 Å². The summed E-state index contributed by atoms with van der Waals surface area (Å²) in [6.07, 6.45) is 10.2. The lowest BCUT2D eigenvalue weighted by molar-refractivity contribution is -0.166. The van der Waals surface area contributed by atoms with E-state index in [1.807, 2.05) is 41.3 Å². The van der Waals surface area contributed by atoms with Crippen LogP contribution in [0.1, 0.15) is 131 Å². The van der Waals surface area contributed by atoms with Crippen molar-refractivity contribution in [2.24, 2.45) is 5.92 Å². The van der Waals surface area contributed by atoms with Crippen LogP contribution >= 0.6 is 0 Å². The molecule has 3 heterocycles. The summed E-state index contributed by atoms with van der Waals surface area (Å²) in [5, 5.41) is 30.9. The summed E-state index contributed by atoms with van der Waals surface area (Å²) in [4.78, 5) is 92.5. The summed E-state index contributed by atoms with van der Waals surface area (Å²) in [6.45, 7) is 8.37. The van der Waals surface area contributed by atoms with Crippen LogP contribution in [0.2, 0.25) is 0 Å². The van der Waals surface area contributed by atoms with Crippen LogP contribution in [-0.2, 0) is 64.3 Å². The summed E-state index contributed by atoms with van der Waals surface area (Å²) < 4.78 is 19.0. The molecule has 3 fully saturated rings. The van der Waals surface area contributed by atoms with Crippen LogP contribution in [0.25, 0.3) is 0 Å². The molecule has 1 spiro atoms. The molecule has 5 N–H and O–H groups in total. The number of nitrogens with one attached hydrogen (secondary N) is 4. The molecule has 0 bridgehead atoms. The molecule has 1 aliphatic carbocycles. The van der Waals surface area contributed by atoms with Gasteiger partial charge in [0.05, 0.1) is 58.2 Å². The number of carbonyl (C=O) groups is 7. The zero-order valence-electron chi connectivity index (χ0n) is 45.9. The van der Waals surface area contributed by atoms with Crippen LogP contribution in [0.3, 0.4) is 0 Å². The number of aliphatic hydroxyl groups excluding tert-OH is 1. The molecule has 4 aromatic rings. The smallest absolute Gasteiger partial charge is 0.251 e. The number of Topliss-reactive ketones (excluding diaryl/α,β-unsaturated/α-hetero) is 2. The predicted octanol–water partition coefficient (Wildman–Crippen LogP) is 5.84. The van der Waals surface area contributed by atoms with Crippen LogP contribution in [0, 0.1) is 5.92 Å². The highest BCUT2D eigenvalue weighted by Gasteiger charge is 2.55. The molecule has 3 aliphatic rings. The van der Waals surface area contributed by atoms with Gasteiger partial charge < -0.3 is 45.5 Å². The first-order valence-corrected chi connectivity index (χ1v) is 28.2. The number of nitrogens with zero attached hydrogens (tertiary/aromatic N) is 5. The molecule has 79 heavy (non-hydrogen) atoms. The molecule has 3 aromatic carbocycles. The number of ketones is 2. The topological polar surface area (TPSA) is 253 Å². The number of aliphatic hydroxyl groups is 1. The highest BCUT2D eigenvalue weighted by molar-refractivity contribution is 6.00. The van der Waals surface area contributed by atoms with Gasteiger partial charge in [0, 0.05) is 63.2 Å². The Morgan fingerprint density at radius 3 is 2.15 bits per heavy atom. The van der Waals surface area contributed by atoms with E-state index in [2.05, 4.69) is 43.4 Å². The van der Waals surface area contributed by atoms with Crippen molar-refractivity contribution in [3.8, 4) is 11.5 Å². The molecule has 1 aromatic heterocycles. The van der Waals surface area contributed by atoms with Gasteiger partial charge in [-0.3, -0.25) is 38.5 Å². The number of hydrogen-bond donors (Lipinski definition) is 5. The standard InChI is InChI=1S/C59H79N9O11/c1-3-4-30-68-57(75)54(55(73)45-9-6-5-7-10-45)63-58(76)59(68)27-31-66(32-28-59)40-44-16-23-50(24-17-44)79-51-25-18-46(19-26-51)56(74)60-29-34-77-36-37-78-35-33-67-41-48(64-65-67)39-61-52(71)11-8-12-53(72)62-47-20-13-43(14-21-47)15-22-49(70)38-42(2)69/h13-14,16-21,23-26,41,45,54-55,73H,3-12,15,22,27-40H2,1-2H3,(H,60,74)(H,61,71)(H,62,72)(H,63,76)/t54-,55+/m1/s1. The second kappa shape index (κ2) is 30.5. The molecule has 426 valence electrons. The lowest BCUT2D eigenvalue weighted by Crippen LogP contribution is -2.75. The molecule has 2 saturated heterocycles. The van der Waals surface area contributed by atoms with Gasteiger partial charge in [-0.25, -0.2) is 4.68 Å². The summed E-state index contributed by atoms with van der Waals surface area (Å²) in [6, 6.07) is 21.1. The van der Waals surface area contributed by atoms with Crippen molar-refractivity contribution in [1.29, 1.82) is 0 Å². The molecule has 20 nitrogen and oxygen atoms in total. The van der Waals surface area contributed by atoms with Gasteiger partial charge in [0.25, 0.3) is 5.91 Å². The molecule has 1 saturated carbocycles. The van der Waals surface area contributed by atoms with Gasteiger partial charge >= 0.3 is 0 Å². The number of piperidine rings is 1. The van der Waals surface area contributed by atoms with Crippen molar-refractivity contribution in [2.75, 3.05) is 57.9 Å². The van der Waals surface area contributed by atoms with Gasteiger partial charge in [0.2, 0.25) is 23.6 Å². The van der Waals surface area contributed by atoms with E-state index in [1.165, 1.54) is 6.92 Å². The minimum Gasteiger partial charge on any atom is -0.457 e. The third-order valence-electron chi connectivity index (χ3n) is 14.9. The number of amides is 5. The van der Waals surface area contributed by atoms with Crippen LogP contribution in [0.4, 0.5) is 5.69 Å². The molecule has 5 amide bonds. The maximum Gasteiger partial charge on any atom is 0.251 e. The Hall–Kier alpha value is -6.87. The number of benzene rings is 3. The van der Waals surface area contributed by atoms with E-state index in [1.54, 1.807) is 47.3 Å². The monoisotopic (exact) mass is 1090 g/mol. The number of likely N-dealkylation sites (tertiary alicyclic amines) is 1. The van der Waals surface area contributed by atoms with Crippen molar-refractivity contribution < 1.29 is 52.9 Å². The Bertz CT molecular complexity index is 2630. The molecule has 0 unspecified atom stereocenters. The third-order valence-corrected chi connectivity index (χ3v) is 14.9. The molecule has 20 heteroatoms. The summed E-state index contributed by atoms with van der Waals surface area (Å²) in [5.74, 6) is 0.145. The zero-order valence-corrected chi connectivity index (χ0v) is 45.9. The molecule has 0 radical (unpaired) electrons. The van der Waals surface area contributed by atoms with Gasteiger partial charge in [-0.1, -0.05) is 62.1 Å². The normalized spacial score (nSPS) is 17.0. The lowest BCUT2D eigenvalue weighted by Gasteiger charge is -2.52. The maximum atomic E-state index is 14.0. The minimum absolute atomic E-state index is 0.0378. The van der Waals surface area contributed by atoms with Gasteiger partial charge in [-0.15, -0.1) is 5.10 Å². The molecule has 2 atom stereocenters. The van der Waals surface area contributed by atoms with Gasteiger partial charge in [0.15, 0.2) is 0 Å². The average Bonchev–Trinajstić information content (AvgIpc) is 3.97. The van der Waals surface area contributed by atoms with E-state index >= 15 is 0 Å². The van der Waals surface area contributed by atoms with Crippen LogP contribution < -0.4 is 26.0 Å². The number of ether oxygens (including phenoxy) is 3. The van der Waals surface area contributed by atoms with E-state index in [4.69, 9.17) is 14.2 Å². The fourth-order valence-corrected chi connectivity index (χ4v) is 10.4. The fourth-order valence-electron chi connectivity index (χ4n) is 10.4. The molecular weight excluding hydrogens is 1010 g/mol. The molecule has 7 rings (SSSR count). The number of hydrogen-bond acceptors (Lipinski definition) is 14. The number of aryl methyl sites for hydroxylation is 1. The highest BCUT2D eigenvalue weighted by Crippen LogP contribution is 2.37. The summed E-state index contributed by atoms with van der Waals surface area (Å²) >= 11 is 0. The van der Waals surface area contributed by atoms with Crippen molar-refractivity contribution in [3.05, 3.63) is 101 Å².